The lowest BCUT2D eigenvalue weighted by molar-refractivity contribution is 0.106. The Morgan fingerprint density at radius 1 is 1.53 bits per heavy atom. The molecule has 1 aromatic rings. The van der Waals surface area contributed by atoms with Gasteiger partial charge in [-0.2, -0.15) is 0 Å². The number of nitrogens with one attached hydrogen (secondary N) is 1. The van der Waals surface area contributed by atoms with Gasteiger partial charge in [-0.3, -0.25) is 0 Å². The maximum absolute atomic E-state index is 13.5. The Kier molecular flexibility index (Phi) is 5.16. The molecule has 0 amide bonds. The highest BCUT2D eigenvalue weighted by Crippen LogP contribution is 2.19. The Labute approximate surface area is 114 Å². The zero-order valence-corrected chi connectivity index (χ0v) is 11.6. The first-order chi connectivity index (χ1) is 9.15. The first-order valence-electron chi connectivity index (χ1n) is 6.90. The standard InChI is InChI=1S/C15H22FNO2/c1-11-5-6-14(16)15(8-11)19-12(2)9-17-10-13-4-3-7-18-13/h5-6,8,12-13,17H,3-4,7,9-10H2,1-2H3. The molecule has 3 nitrogen and oxygen atoms in total. The largest absolute Gasteiger partial charge is 0.486 e. The maximum Gasteiger partial charge on any atom is 0.165 e. The van der Waals surface area contributed by atoms with Crippen molar-refractivity contribution in [1.29, 1.82) is 0 Å². The molecule has 1 saturated heterocycles. The monoisotopic (exact) mass is 267 g/mol. The third-order valence-corrected chi connectivity index (χ3v) is 3.24. The second-order valence-electron chi connectivity index (χ2n) is 5.16. The highest BCUT2D eigenvalue weighted by atomic mass is 19.1. The normalized spacial score (nSPS) is 20.5. The molecule has 4 heteroatoms. The average molecular weight is 267 g/mol. The zero-order chi connectivity index (χ0) is 13.7. The minimum atomic E-state index is -0.309. The smallest absolute Gasteiger partial charge is 0.165 e. The van der Waals surface area contributed by atoms with Crippen LogP contribution in [-0.4, -0.2) is 31.9 Å². The van der Waals surface area contributed by atoms with Gasteiger partial charge in [0.2, 0.25) is 0 Å². The SMILES string of the molecule is Cc1ccc(F)c(OC(C)CNCC2CCCO2)c1. The Balaban J connectivity index is 1.73. The molecular weight excluding hydrogens is 245 g/mol. The van der Waals surface area contributed by atoms with Crippen molar-refractivity contribution in [3.8, 4) is 5.75 Å². The molecule has 2 rings (SSSR count). The summed E-state index contributed by atoms with van der Waals surface area (Å²) in [6.45, 7) is 6.25. The van der Waals surface area contributed by atoms with Gasteiger partial charge in [0.1, 0.15) is 6.10 Å². The summed E-state index contributed by atoms with van der Waals surface area (Å²) in [5.74, 6) is 0.0167. The third kappa shape index (κ3) is 4.48. The number of ether oxygens (including phenoxy) is 2. The van der Waals surface area contributed by atoms with Crippen LogP contribution >= 0.6 is 0 Å². The molecule has 2 atom stereocenters. The summed E-state index contributed by atoms with van der Waals surface area (Å²) in [4.78, 5) is 0. The molecule has 1 aliphatic heterocycles. The molecule has 1 fully saturated rings. The molecule has 1 aromatic carbocycles. The van der Waals surface area contributed by atoms with E-state index in [2.05, 4.69) is 5.32 Å². The van der Waals surface area contributed by atoms with Crippen molar-refractivity contribution >= 4 is 0 Å². The number of rotatable bonds is 6. The number of hydrogen-bond donors (Lipinski definition) is 1. The van der Waals surface area contributed by atoms with Crippen LogP contribution in [0.15, 0.2) is 18.2 Å². The number of benzene rings is 1. The maximum atomic E-state index is 13.5. The van der Waals surface area contributed by atoms with Gasteiger partial charge in [0.25, 0.3) is 0 Å². The van der Waals surface area contributed by atoms with Gasteiger partial charge in [0.05, 0.1) is 6.10 Å². The van der Waals surface area contributed by atoms with Crippen molar-refractivity contribution in [2.75, 3.05) is 19.7 Å². The molecule has 0 bridgehead atoms. The Hall–Kier alpha value is -1.13. The van der Waals surface area contributed by atoms with Crippen LogP contribution in [0.3, 0.4) is 0 Å². The number of hydrogen-bond acceptors (Lipinski definition) is 3. The van der Waals surface area contributed by atoms with E-state index in [-0.39, 0.29) is 11.9 Å². The highest BCUT2D eigenvalue weighted by molar-refractivity contribution is 5.29. The Morgan fingerprint density at radius 2 is 2.37 bits per heavy atom. The van der Waals surface area contributed by atoms with Gasteiger partial charge in [0.15, 0.2) is 11.6 Å². The molecule has 1 N–H and O–H groups in total. The van der Waals surface area contributed by atoms with Gasteiger partial charge in [-0.25, -0.2) is 4.39 Å². The fourth-order valence-corrected chi connectivity index (χ4v) is 2.21. The quantitative estimate of drug-likeness (QED) is 0.859. The molecule has 19 heavy (non-hydrogen) atoms. The summed E-state index contributed by atoms with van der Waals surface area (Å²) in [6, 6.07) is 4.91. The molecule has 106 valence electrons. The first kappa shape index (κ1) is 14.3. The van der Waals surface area contributed by atoms with Crippen molar-refractivity contribution in [3.63, 3.8) is 0 Å². The van der Waals surface area contributed by atoms with Crippen LogP contribution in [0.4, 0.5) is 4.39 Å². The van der Waals surface area contributed by atoms with E-state index in [1.807, 2.05) is 13.8 Å². The summed E-state index contributed by atoms with van der Waals surface area (Å²) in [5, 5.41) is 3.31. The number of halogens is 1. The molecule has 0 spiro atoms. The molecule has 0 aromatic heterocycles. The summed E-state index contributed by atoms with van der Waals surface area (Å²) in [5.41, 5.74) is 0.996. The van der Waals surface area contributed by atoms with Gasteiger partial charge in [-0.05, 0) is 44.4 Å². The molecule has 2 unspecified atom stereocenters. The minimum absolute atomic E-state index is 0.0716. The highest BCUT2D eigenvalue weighted by Gasteiger charge is 2.15. The zero-order valence-electron chi connectivity index (χ0n) is 11.6. The van der Waals surface area contributed by atoms with E-state index in [4.69, 9.17) is 9.47 Å². The van der Waals surface area contributed by atoms with Crippen molar-refractivity contribution < 1.29 is 13.9 Å². The fraction of sp³-hybridized carbons (Fsp3) is 0.600. The summed E-state index contributed by atoms with van der Waals surface area (Å²) < 4.78 is 24.7. The van der Waals surface area contributed by atoms with E-state index in [0.717, 1.165) is 31.6 Å². The van der Waals surface area contributed by atoms with E-state index < -0.39 is 0 Å². The molecule has 0 aliphatic carbocycles. The molecule has 0 saturated carbocycles. The predicted octanol–water partition coefficient (Wildman–Crippen LogP) is 2.67. The van der Waals surface area contributed by atoms with Crippen LogP contribution in [0, 0.1) is 12.7 Å². The minimum Gasteiger partial charge on any atom is -0.486 e. The second kappa shape index (κ2) is 6.87. The van der Waals surface area contributed by atoms with Crippen LogP contribution in [0.25, 0.3) is 0 Å². The summed E-state index contributed by atoms with van der Waals surface area (Å²) in [6.07, 6.45) is 2.52. The number of aryl methyl sites for hydroxylation is 1. The van der Waals surface area contributed by atoms with Crippen LogP contribution < -0.4 is 10.1 Å². The van der Waals surface area contributed by atoms with Gasteiger partial charge in [0, 0.05) is 19.7 Å². The summed E-state index contributed by atoms with van der Waals surface area (Å²) in [7, 11) is 0. The van der Waals surface area contributed by atoms with E-state index in [1.54, 1.807) is 12.1 Å². The lowest BCUT2D eigenvalue weighted by Gasteiger charge is -2.17. The molecule has 1 heterocycles. The Morgan fingerprint density at radius 3 is 3.11 bits per heavy atom. The average Bonchev–Trinajstić information content (AvgIpc) is 2.87. The van der Waals surface area contributed by atoms with Crippen molar-refractivity contribution in [2.24, 2.45) is 0 Å². The second-order valence-corrected chi connectivity index (χ2v) is 5.16. The fourth-order valence-electron chi connectivity index (χ4n) is 2.21. The first-order valence-corrected chi connectivity index (χ1v) is 6.90. The van der Waals surface area contributed by atoms with Gasteiger partial charge in [-0.15, -0.1) is 0 Å². The predicted molar refractivity (Wildman–Crippen MR) is 73.1 cm³/mol. The van der Waals surface area contributed by atoms with Crippen LogP contribution in [0.1, 0.15) is 25.3 Å². The lowest BCUT2D eigenvalue weighted by Crippen LogP contribution is -2.34. The summed E-state index contributed by atoms with van der Waals surface area (Å²) >= 11 is 0. The topological polar surface area (TPSA) is 30.5 Å². The molecule has 1 aliphatic rings. The van der Waals surface area contributed by atoms with Crippen molar-refractivity contribution in [1.82, 2.24) is 5.32 Å². The van der Waals surface area contributed by atoms with Gasteiger partial charge < -0.3 is 14.8 Å². The van der Waals surface area contributed by atoms with E-state index >= 15 is 0 Å². The lowest BCUT2D eigenvalue weighted by atomic mass is 10.2. The van der Waals surface area contributed by atoms with E-state index in [1.165, 1.54) is 6.07 Å². The van der Waals surface area contributed by atoms with Crippen molar-refractivity contribution in [3.05, 3.63) is 29.6 Å². The molecule has 0 radical (unpaired) electrons. The third-order valence-electron chi connectivity index (χ3n) is 3.24. The van der Waals surface area contributed by atoms with E-state index in [0.29, 0.717) is 18.4 Å². The van der Waals surface area contributed by atoms with Gasteiger partial charge >= 0.3 is 0 Å². The Bertz CT molecular complexity index is 405. The van der Waals surface area contributed by atoms with Crippen LogP contribution in [-0.2, 0) is 4.74 Å². The van der Waals surface area contributed by atoms with Gasteiger partial charge in [-0.1, -0.05) is 6.07 Å². The van der Waals surface area contributed by atoms with Crippen molar-refractivity contribution in [2.45, 2.75) is 38.9 Å². The van der Waals surface area contributed by atoms with E-state index in [9.17, 15) is 4.39 Å². The molecular formula is C15H22FNO2. The van der Waals surface area contributed by atoms with Crippen LogP contribution in [0.5, 0.6) is 5.75 Å². The van der Waals surface area contributed by atoms with Crippen LogP contribution in [0.2, 0.25) is 0 Å².